The van der Waals surface area contributed by atoms with E-state index in [1.165, 1.54) is 25.1 Å². The van der Waals surface area contributed by atoms with Crippen molar-refractivity contribution in [3.05, 3.63) is 35.9 Å². The van der Waals surface area contributed by atoms with Gasteiger partial charge in [-0.3, -0.25) is 9.80 Å². The quantitative estimate of drug-likeness (QED) is 0.881. The van der Waals surface area contributed by atoms with Gasteiger partial charge in [0.05, 0.1) is 12.7 Å². The van der Waals surface area contributed by atoms with Crippen molar-refractivity contribution in [2.75, 3.05) is 46.4 Å². The van der Waals surface area contributed by atoms with E-state index in [2.05, 4.69) is 45.4 Å². The van der Waals surface area contributed by atoms with Crippen LogP contribution in [-0.2, 0) is 11.3 Å². The summed E-state index contributed by atoms with van der Waals surface area (Å²) in [7, 11) is 2.00. The Bertz CT molecular complexity index is 423. The van der Waals surface area contributed by atoms with E-state index in [-0.39, 0.29) is 0 Å². The minimum atomic E-state index is 0.354. The van der Waals surface area contributed by atoms with Crippen LogP contribution >= 0.6 is 0 Å². The molecular formula is C17H27N3O. The fourth-order valence-corrected chi connectivity index (χ4v) is 3.52. The molecule has 2 unspecified atom stereocenters. The number of nitrogens with one attached hydrogen (secondary N) is 1. The minimum absolute atomic E-state index is 0.354. The Hall–Kier alpha value is -0.940. The molecule has 21 heavy (non-hydrogen) atoms. The smallest absolute Gasteiger partial charge is 0.0826 e. The maximum atomic E-state index is 5.81. The van der Waals surface area contributed by atoms with Gasteiger partial charge in [-0.25, -0.2) is 0 Å². The lowest BCUT2D eigenvalue weighted by molar-refractivity contribution is -0.0397. The van der Waals surface area contributed by atoms with E-state index in [1.807, 2.05) is 7.05 Å². The number of nitrogens with zero attached hydrogens (tertiary/aromatic N) is 2. The molecule has 2 aliphatic heterocycles. The molecule has 0 aliphatic carbocycles. The average Bonchev–Trinajstić information content (AvgIpc) is 2.97. The van der Waals surface area contributed by atoms with Gasteiger partial charge in [-0.15, -0.1) is 0 Å². The molecule has 0 aromatic heterocycles. The Morgan fingerprint density at radius 1 is 1.19 bits per heavy atom. The van der Waals surface area contributed by atoms with Crippen LogP contribution in [0.15, 0.2) is 30.3 Å². The van der Waals surface area contributed by atoms with Gasteiger partial charge in [0.25, 0.3) is 0 Å². The van der Waals surface area contributed by atoms with E-state index in [4.69, 9.17) is 4.74 Å². The van der Waals surface area contributed by atoms with Gasteiger partial charge >= 0.3 is 0 Å². The van der Waals surface area contributed by atoms with Crippen molar-refractivity contribution in [2.45, 2.75) is 25.1 Å². The Balaban J connectivity index is 1.50. The maximum Gasteiger partial charge on any atom is 0.0826 e. The van der Waals surface area contributed by atoms with Crippen LogP contribution in [0.25, 0.3) is 0 Å². The first-order valence-corrected chi connectivity index (χ1v) is 8.11. The largest absolute Gasteiger partial charge is 0.374 e. The van der Waals surface area contributed by atoms with Crippen molar-refractivity contribution in [1.82, 2.24) is 15.1 Å². The number of hydrogen-bond donors (Lipinski definition) is 1. The monoisotopic (exact) mass is 289 g/mol. The predicted molar refractivity (Wildman–Crippen MR) is 85.4 cm³/mol. The topological polar surface area (TPSA) is 27.7 Å². The molecule has 0 bridgehead atoms. The summed E-state index contributed by atoms with van der Waals surface area (Å²) in [4.78, 5) is 5.22. The van der Waals surface area contributed by atoms with Crippen LogP contribution in [-0.4, -0.2) is 68.3 Å². The first-order valence-electron chi connectivity index (χ1n) is 8.11. The van der Waals surface area contributed by atoms with E-state index in [0.717, 1.165) is 32.8 Å². The average molecular weight is 289 g/mol. The van der Waals surface area contributed by atoms with Crippen LogP contribution in [0.3, 0.4) is 0 Å². The number of likely N-dealkylation sites (tertiary alicyclic amines) is 1. The summed E-state index contributed by atoms with van der Waals surface area (Å²) >= 11 is 0. The van der Waals surface area contributed by atoms with E-state index in [0.29, 0.717) is 12.1 Å². The van der Waals surface area contributed by atoms with Crippen LogP contribution in [0.4, 0.5) is 0 Å². The van der Waals surface area contributed by atoms with Crippen LogP contribution in [0.1, 0.15) is 12.0 Å². The summed E-state index contributed by atoms with van der Waals surface area (Å²) in [5, 5.41) is 3.23. The molecule has 0 amide bonds. The fraction of sp³-hybridized carbons (Fsp3) is 0.647. The summed E-state index contributed by atoms with van der Waals surface area (Å²) in [6, 6.07) is 11.5. The molecule has 4 heteroatoms. The second-order valence-electron chi connectivity index (χ2n) is 6.21. The summed E-state index contributed by atoms with van der Waals surface area (Å²) in [6.45, 7) is 7.49. The third kappa shape index (κ3) is 4.04. The molecule has 2 heterocycles. The number of hydrogen-bond acceptors (Lipinski definition) is 4. The lowest BCUT2D eigenvalue weighted by Crippen LogP contribution is -2.50. The Labute approximate surface area is 128 Å². The normalized spacial score (nSPS) is 28.0. The van der Waals surface area contributed by atoms with E-state index < -0.39 is 0 Å². The van der Waals surface area contributed by atoms with Crippen molar-refractivity contribution >= 4 is 0 Å². The van der Waals surface area contributed by atoms with Gasteiger partial charge in [0.15, 0.2) is 0 Å². The number of likely N-dealkylation sites (N-methyl/N-ethyl adjacent to an activating group) is 1. The SMILES string of the molecule is CNCC1CN(C2CCN(Cc3ccccc3)C2)CCO1. The van der Waals surface area contributed by atoms with Gasteiger partial charge in [-0.2, -0.15) is 0 Å². The third-order valence-electron chi connectivity index (χ3n) is 4.61. The molecule has 2 fully saturated rings. The highest BCUT2D eigenvalue weighted by atomic mass is 16.5. The maximum absolute atomic E-state index is 5.81. The molecule has 0 radical (unpaired) electrons. The van der Waals surface area contributed by atoms with Crippen molar-refractivity contribution in [3.8, 4) is 0 Å². The van der Waals surface area contributed by atoms with Crippen molar-refractivity contribution in [1.29, 1.82) is 0 Å². The molecule has 2 saturated heterocycles. The number of rotatable bonds is 5. The first-order chi connectivity index (χ1) is 10.3. The van der Waals surface area contributed by atoms with Crippen molar-refractivity contribution < 1.29 is 4.74 Å². The zero-order valence-electron chi connectivity index (χ0n) is 13.0. The third-order valence-corrected chi connectivity index (χ3v) is 4.61. The highest BCUT2D eigenvalue weighted by Gasteiger charge is 2.31. The van der Waals surface area contributed by atoms with Crippen LogP contribution in [0.5, 0.6) is 0 Å². The van der Waals surface area contributed by atoms with Gasteiger partial charge in [-0.1, -0.05) is 30.3 Å². The van der Waals surface area contributed by atoms with Gasteiger partial charge in [-0.05, 0) is 19.0 Å². The second-order valence-corrected chi connectivity index (χ2v) is 6.21. The molecule has 0 saturated carbocycles. The molecule has 4 nitrogen and oxygen atoms in total. The van der Waals surface area contributed by atoms with Gasteiger partial charge < -0.3 is 10.1 Å². The molecule has 1 N–H and O–H groups in total. The summed E-state index contributed by atoms with van der Waals surface area (Å²) in [5.74, 6) is 0. The van der Waals surface area contributed by atoms with Gasteiger partial charge in [0.2, 0.25) is 0 Å². The molecule has 2 aliphatic rings. The highest BCUT2D eigenvalue weighted by molar-refractivity contribution is 5.14. The lowest BCUT2D eigenvalue weighted by Gasteiger charge is -2.36. The van der Waals surface area contributed by atoms with Gasteiger partial charge in [0, 0.05) is 45.3 Å². The van der Waals surface area contributed by atoms with Crippen molar-refractivity contribution in [2.24, 2.45) is 0 Å². The van der Waals surface area contributed by atoms with E-state index in [1.54, 1.807) is 0 Å². The van der Waals surface area contributed by atoms with Gasteiger partial charge in [0.1, 0.15) is 0 Å². The highest BCUT2D eigenvalue weighted by Crippen LogP contribution is 2.20. The Morgan fingerprint density at radius 2 is 2.05 bits per heavy atom. The molecular weight excluding hydrogens is 262 g/mol. The summed E-state index contributed by atoms with van der Waals surface area (Å²) in [6.07, 6.45) is 1.64. The van der Waals surface area contributed by atoms with Crippen LogP contribution in [0, 0.1) is 0 Å². The second kappa shape index (κ2) is 7.36. The first kappa shape index (κ1) is 15.0. The van der Waals surface area contributed by atoms with E-state index in [9.17, 15) is 0 Å². The predicted octanol–water partition coefficient (Wildman–Crippen LogP) is 1.18. The lowest BCUT2D eigenvalue weighted by atomic mass is 10.1. The number of benzene rings is 1. The van der Waals surface area contributed by atoms with Crippen LogP contribution < -0.4 is 5.32 Å². The fourth-order valence-electron chi connectivity index (χ4n) is 3.52. The zero-order chi connectivity index (χ0) is 14.5. The Morgan fingerprint density at radius 3 is 2.86 bits per heavy atom. The summed E-state index contributed by atoms with van der Waals surface area (Å²) in [5.41, 5.74) is 1.42. The van der Waals surface area contributed by atoms with Crippen LogP contribution in [0.2, 0.25) is 0 Å². The molecule has 116 valence electrons. The molecule has 1 aromatic carbocycles. The number of ether oxygens (including phenoxy) is 1. The number of morpholine rings is 1. The summed E-state index contributed by atoms with van der Waals surface area (Å²) < 4.78 is 5.81. The van der Waals surface area contributed by atoms with E-state index >= 15 is 0 Å². The molecule has 1 aromatic rings. The standard InChI is InChI=1S/C17H27N3O/c1-18-11-17-14-20(9-10-21-17)16-7-8-19(13-16)12-15-5-3-2-4-6-15/h2-6,16-18H,7-14H2,1H3. The Kier molecular flexibility index (Phi) is 5.25. The zero-order valence-corrected chi connectivity index (χ0v) is 13.0. The molecule has 2 atom stereocenters. The molecule has 0 spiro atoms. The van der Waals surface area contributed by atoms with Crippen molar-refractivity contribution in [3.63, 3.8) is 0 Å². The minimum Gasteiger partial charge on any atom is -0.374 e. The molecule has 3 rings (SSSR count).